The Bertz CT molecular complexity index is 1390. The van der Waals surface area contributed by atoms with Gasteiger partial charge in [-0.25, -0.2) is 17.2 Å². The van der Waals surface area contributed by atoms with E-state index in [2.05, 4.69) is 10.3 Å². The SMILES string of the molecule is CS(=O)(=O)Nc1ccc(CNC(=O)C=Cc2c(C(F)(F)F)ccnc2-c2cccc(F)c2)cc1F. The average Bonchev–Trinajstić information content (AvgIpc) is 2.76. The Morgan fingerprint density at radius 3 is 2.46 bits per heavy atom. The number of benzene rings is 2. The number of amides is 1. The predicted molar refractivity (Wildman–Crippen MR) is 120 cm³/mol. The monoisotopic (exact) mass is 511 g/mol. The normalized spacial score (nSPS) is 12.1. The van der Waals surface area contributed by atoms with Crippen molar-refractivity contribution in [3.05, 3.63) is 89.1 Å². The van der Waals surface area contributed by atoms with Gasteiger partial charge in [0.15, 0.2) is 0 Å². The third kappa shape index (κ3) is 7.09. The zero-order valence-corrected chi connectivity index (χ0v) is 18.8. The lowest BCUT2D eigenvalue weighted by Gasteiger charge is -2.14. The van der Waals surface area contributed by atoms with Gasteiger partial charge in [-0.2, -0.15) is 13.2 Å². The van der Waals surface area contributed by atoms with Crippen molar-refractivity contribution in [1.82, 2.24) is 10.3 Å². The summed E-state index contributed by atoms with van der Waals surface area (Å²) in [5.41, 5.74) is -1.56. The Kier molecular flexibility index (Phi) is 7.54. The minimum Gasteiger partial charge on any atom is -0.348 e. The minimum atomic E-state index is -4.76. The molecule has 3 rings (SSSR count). The molecule has 0 aliphatic carbocycles. The molecular formula is C23H18F5N3O3S. The first-order chi connectivity index (χ1) is 16.3. The van der Waals surface area contributed by atoms with Gasteiger partial charge < -0.3 is 5.32 Å². The highest BCUT2D eigenvalue weighted by atomic mass is 32.2. The lowest BCUT2D eigenvalue weighted by Crippen LogP contribution is -2.20. The molecule has 6 nitrogen and oxygen atoms in total. The van der Waals surface area contributed by atoms with Crippen LogP contribution in [0.25, 0.3) is 17.3 Å². The number of nitrogens with zero attached hydrogens (tertiary/aromatic N) is 1. The summed E-state index contributed by atoms with van der Waals surface area (Å²) in [6.45, 7) is -0.185. The van der Waals surface area contributed by atoms with Crippen LogP contribution in [0, 0.1) is 11.6 Å². The summed E-state index contributed by atoms with van der Waals surface area (Å²) in [4.78, 5) is 16.2. The molecular weight excluding hydrogens is 493 g/mol. The molecule has 0 bridgehead atoms. The molecule has 12 heteroatoms. The van der Waals surface area contributed by atoms with Crippen LogP contribution in [0.3, 0.4) is 0 Å². The van der Waals surface area contributed by atoms with Crippen LogP contribution < -0.4 is 10.0 Å². The summed E-state index contributed by atoms with van der Waals surface area (Å²) in [6.07, 6.45) is -1.19. The summed E-state index contributed by atoms with van der Waals surface area (Å²) >= 11 is 0. The number of carbonyl (C=O) groups excluding carboxylic acids is 1. The Labute approximate surface area is 197 Å². The molecule has 1 amide bonds. The van der Waals surface area contributed by atoms with Crippen molar-refractivity contribution in [3.8, 4) is 11.3 Å². The van der Waals surface area contributed by atoms with Crippen molar-refractivity contribution in [1.29, 1.82) is 0 Å². The van der Waals surface area contributed by atoms with Crippen LogP contribution in [-0.2, 0) is 27.5 Å². The van der Waals surface area contributed by atoms with Gasteiger partial charge >= 0.3 is 6.18 Å². The van der Waals surface area contributed by atoms with Crippen LogP contribution in [0.5, 0.6) is 0 Å². The average molecular weight is 511 g/mol. The van der Waals surface area contributed by atoms with E-state index in [4.69, 9.17) is 0 Å². The van der Waals surface area contributed by atoms with Gasteiger partial charge in [-0.3, -0.25) is 14.5 Å². The van der Waals surface area contributed by atoms with Crippen LogP contribution in [0.1, 0.15) is 16.7 Å². The standard InChI is InChI=1S/C23H18F5N3O3S/c1-35(33,34)31-20-7-5-14(11-19(20)25)13-30-21(32)8-6-17-18(23(26,27)28)9-10-29-22(17)15-3-2-4-16(24)12-15/h2-12,31H,13H2,1H3,(H,30,32). The number of pyridine rings is 1. The number of hydrogen-bond acceptors (Lipinski definition) is 4. The summed E-state index contributed by atoms with van der Waals surface area (Å²) < 4.78 is 92.9. The van der Waals surface area contributed by atoms with E-state index >= 15 is 0 Å². The highest BCUT2D eigenvalue weighted by molar-refractivity contribution is 7.92. The molecule has 35 heavy (non-hydrogen) atoms. The number of aromatic nitrogens is 1. The molecule has 0 radical (unpaired) electrons. The Morgan fingerprint density at radius 1 is 1.09 bits per heavy atom. The van der Waals surface area contributed by atoms with Gasteiger partial charge in [0.1, 0.15) is 11.6 Å². The lowest BCUT2D eigenvalue weighted by molar-refractivity contribution is -0.137. The number of sulfonamides is 1. The summed E-state index contributed by atoms with van der Waals surface area (Å²) in [6, 6.07) is 9.15. The first-order valence-electron chi connectivity index (χ1n) is 9.88. The van der Waals surface area contributed by atoms with E-state index in [1.807, 2.05) is 4.72 Å². The van der Waals surface area contributed by atoms with Crippen LogP contribution in [0.2, 0.25) is 0 Å². The quantitative estimate of drug-likeness (QED) is 0.354. The molecule has 0 atom stereocenters. The van der Waals surface area contributed by atoms with Crippen molar-refractivity contribution in [3.63, 3.8) is 0 Å². The second kappa shape index (κ2) is 10.2. The highest BCUT2D eigenvalue weighted by Crippen LogP contribution is 2.36. The molecule has 184 valence electrons. The third-order valence-electron chi connectivity index (χ3n) is 4.59. The van der Waals surface area contributed by atoms with Gasteiger partial charge in [-0.15, -0.1) is 0 Å². The van der Waals surface area contributed by atoms with Gasteiger partial charge in [0, 0.05) is 29.9 Å². The van der Waals surface area contributed by atoms with E-state index < -0.39 is 44.9 Å². The number of halogens is 5. The summed E-state index contributed by atoms with van der Waals surface area (Å²) in [5, 5.41) is 2.40. The van der Waals surface area contributed by atoms with E-state index in [0.717, 1.165) is 48.9 Å². The fourth-order valence-corrected chi connectivity index (χ4v) is 3.68. The second-order valence-electron chi connectivity index (χ2n) is 7.37. The van der Waals surface area contributed by atoms with Gasteiger partial charge in [-0.1, -0.05) is 18.2 Å². The van der Waals surface area contributed by atoms with Crippen molar-refractivity contribution < 1.29 is 35.2 Å². The molecule has 0 saturated carbocycles. The van der Waals surface area contributed by atoms with E-state index in [0.29, 0.717) is 0 Å². The van der Waals surface area contributed by atoms with Crippen LogP contribution in [0.4, 0.5) is 27.6 Å². The fourth-order valence-electron chi connectivity index (χ4n) is 3.11. The highest BCUT2D eigenvalue weighted by Gasteiger charge is 2.34. The lowest BCUT2D eigenvalue weighted by atomic mass is 10.00. The maximum absolute atomic E-state index is 14.1. The smallest absolute Gasteiger partial charge is 0.348 e. The molecule has 2 N–H and O–H groups in total. The molecule has 0 spiro atoms. The Hall–Kier alpha value is -3.80. The maximum atomic E-state index is 14.1. The second-order valence-corrected chi connectivity index (χ2v) is 9.12. The van der Waals surface area contributed by atoms with Gasteiger partial charge in [-0.05, 0) is 42.0 Å². The Morgan fingerprint density at radius 2 is 1.83 bits per heavy atom. The zero-order valence-electron chi connectivity index (χ0n) is 18.0. The minimum absolute atomic E-state index is 0.0921. The molecule has 0 saturated heterocycles. The van der Waals surface area contributed by atoms with Crippen molar-refractivity contribution in [2.24, 2.45) is 0 Å². The number of carbonyl (C=O) groups is 1. The topological polar surface area (TPSA) is 88.2 Å². The van der Waals surface area contributed by atoms with Crippen molar-refractivity contribution in [2.45, 2.75) is 12.7 Å². The van der Waals surface area contributed by atoms with Gasteiger partial charge in [0.25, 0.3) is 0 Å². The molecule has 3 aromatic rings. The molecule has 1 aromatic heterocycles. The van der Waals surface area contributed by atoms with E-state index in [1.165, 1.54) is 24.3 Å². The Balaban J connectivity index is 1.82. The number of hydrogen-bond donors (Lipinski definition) is 2. The van der Waals surface area contributed by atoms with E-state index in [-0.39, 0.29) is 29.1 Å². The maximum Gasteiger partial charge on any atom is 0.417 e. The largest absolute Gasteiger partial charge is 0.417 e. The van der Waals surface area contributed by atoms with Crippen LogP contribution >= 0.6 is 0 Å². The number of nitrogens with one attached hydrogen (secondary N) is 2. The van der Waals surface area contributed by atoms with E-state index in [9.17, 15) is 35.2 Å². The first kappa shape index (κ1) is 25.8. The van der Waals surface area contributed by atoms with Crippen molar-refractivity contribution in [2.75, 3.05) is 11.0 Å². The molecule has 2 aromatic carbocycles. The summed E-state index contributed by atoms with van der Waals surface area (Å²) in [7, 11) is -3.69. The van der Waals surface area contributed by atoms with E-state index in [1.54, 1.807) is 0 Å². The molecule has 1 heterocycles. The van der Waals surface area contributed by atoms with Crippen molar-refractivity contribution >= 4 is 27.7 Å². The van der Waals surface area contributed by atoms with Crippen LogP contribution in [0.15, 0.2) is 60.8 Å². The number of alkyl halides is 3. The summed E-state index contributed by atoms with van der Waals surface area (Å²) in [5.74, 6) is -2.33. The number of rotatable bonds is 7. The van der Waals surface area contributed by atoms with Gasteiger partial charge in [0.05, 0.1) is 23.2 Å². The molecule has 0 fully saturated rings. The number of anilines is 1. The first-order valence-corrected chi connectivity index (χ1v) is 11.8. The van der Waals surface area contributed by atoms with Crippen LogP contribution in [-0.4, -0.2) is 25.6 Å². The fraction of sp³-hybridized carbons (Fsp3) is 0.130. The third-order valence-corrected chi connectivity index (χ3v) is 5.18. The molecule has 0 aliphatic rings. The van der Waals surface area contributed by atoms with Gasteiger partial charge in [0.2, 0.25) is 15.9 Å². The molecule has 0 unspecified atom stereocenters. The zero-order chi connectivity index (χ0) is 25.8. The molecule has 0 aliphatic heterocycles. The predicted octanol–water partition coefficient (Wildman–Crippen LogP) is 4.75.